The highest BCUT2D eigenvalue weighted by atomic mass is 32.2. The van der Waals surface area contributed by atoms with Gasteiger partial charge in [-0.15, -0.1) is 0 Å². The molecule has 6 nitrogen and oxygen atoms in total. The second-order valence-corrected chi connectivity index (χ2v) is 5.45. The number of pyridine rings is 1. The first kappa shape index (κ1) is 14.0. The molecule has 0 unspecified atom stereocenters. The maximum Gasteiger partial charge on any atom is 0.279 e. The maximum absolute atomic E-state index is 11.7. The molecule has 0 fully saturated rings. The fourth-order valence-corrected chi connectivity index (χ4v) is 2.14. The van der Waals surface area contributed by atoms with Gasteiger partial charge in [-0.1, -0.05) is 6.07 Å². The molecule has 2 N–H and O–H groups in total. The van der Waals surface area contributed by atoms with Gasteiger partial charge in [0, 0.05) is 39.1 Å². The van der Waals surface area contributed by atoms with Crippen molar-refractivity contribution in [2.75, 3.05) is 20.2 Å². The summed E-state index contributed by atoms with van der Waals surface area (Å²) in [5, 5.41) is 8.64. The summed E-state index contributed by atoms with van der Waals surface area (Å²) in [6.07, 6.45) is 3.66. The van der Waals surface area contributed by atoms with E-state index < -0.39 is 10.2 Å². The second-order valence-electron chi connectivity index (χ2n) is 3.59. The zero-order valence-corrected chi connectivity index (χ0v) is 10.5. The van der Waals surface area contributed by atoms with Crippen LogP contribution in [0.25, 0.3) is 0 Å². The van der Waals surface area contributed by atoms with Crippen LogP contribution in [-0.2, 0) is 16.8 Å². The van der Waals surface area contributed by atoms with E-state index in [1.165, 1.54) is 11.4 Å². The van der Waals surface area contributed by atoms with E-state index in [-0.39, 0.29) is 13.2 Å². The minimum Gasteiger partial charge on any atom is -0.396 e. The van der Waals surface area contributed by atoms with Crippen molar-refractivity contribution in [2.24, 2.45) is 0 Å². The SMILES string of the molecule is CN(CCCO)S(=O)(=O)NCc1cccnc1. The number of aliphatic hydroxyl groups excluding tert-OH is 1. The topological polar surface area (TPSA) is 82.5 Å². The molecular weight excluding hydrogens is 242 g/mol. The number of hydrogen-bond acceptors (Lipinski definition) is 4. The number of rotatable bonds is 7. The number of nitrogens with zero attached hydrogens (tertiary/aromatic N) is 2. The summed E-state index contributed by atoms with van der Waals surface area (Å²) >= 11 is 0. The zero-order valence-electron chi connectivity index (χ0n) is 9.70. The molecule has 0 saturated carbocycles. The van der Waals surface area contributed by atoms with Crippen LogP contribution >= 0.6 is 0 Å². The first-order valence-corrected chi connectivity index (χ1v) is 6.71. The summed E-state index contributed by atoms with van der Waals surface area (Å²) in [4.78, 5) is 3.90. The molecule has 1 heterocycles. The van der Waals surface area contributed by atoms with E-state index in [0.29, 0.717) is 13.0 Å². The quantitative estimate of drug-likeness (QED) is 0.706. The maximum atomic E-state index is 11.7. The third kappa shape index (κ3) is 4.78. The Labute approximate surface area is 101 Å². The van der Waals surface area contributed by atoms with E-state index in [4.69, 9.17) is 5.11 Å². The highest BCUT2D eigenvalue weighted by Crippen LogP contribution is 1.99. The molecule has 1 rings (SSSR count). The largest absolute Gasteiger partial charge is 0.396 e. The van der Waals surface area contributed by atoms with E-state index in [1.807, 2.05) is 0 Å². The molecule has 0 atom stereocenters. The normalized spacial score (nSPS) is 11.9. The van der Waals surface area contributed by atoms with Crippen LogP contribution in [0.4, 0.5) is 0 Å². The standard InChI is InChI=1S/C10H17N3O3S/c1-13(6-3-7-14)17(15,16)12-9-10-4-2-5-11-8-10/h2,4-5,8,12,14H,3,6-7,9H2,1H3. The van der Waals surface area contributed by atoms with Gasteiger partial charge >= 0.3 is 0 Å². The van der Waals surface area contributed by atoms with Crippen LogP contribution in [0.1, 0.15) is 12.0 Å². The van der Waals surface area contributed by atoms with Gasteiger partial charge in [-0.3, -0.25) is 4.98 Å². The van der Waals surface area contributed by atoms with Crippen molar-refractivity contribution < 1.29 is 13.5 Å². The van der Waals surface area contributed by atoms with Crippen LogP contribution in [0.3, 0.4) is 0 Å². The molecule has 0 aliphatic rings. The van der Waals surface area contributed by atoms with Crippen LogP contribution in [0.15, 0.2) is 24.5 Å². The van der Waals surface area contributed by atoms with Crippen molar-refractivity contribution >= 4 is 10.2 Å². The Kier molecular flexibility index (Phi) is 5.49. The van der Waals surface area contributed by atoms with Gasteiger partial charge in [-0.25, -0.2) is 0 Å². The molecule has 0 radical (unpaired) electrons. The van der Waals surface area contributed by atoms with Crippen LogP contribution in [0.5, 0.6) is 0 Å². The number of nitrogens with one attached hydrogen (secondary N) is 1. The number of aromatic nitrogens is 1. The zero-order chi connectivity index (χ0) is 12.7. The Bertz CT molecular complexity index is 422. The predicted octanol–water partition coefficient (Wildman–Crippen LogP) is -0.270. The van der Waals surface area contributed by atoms with Crippen molar-refractivity contribution in [1.82, 2.24) is 14.0 Å². The molecule has 7 heteroatoms. The lowest BCUT2D eigenvalue weighted by Gasteiger charge is -2.16. The van der Waals surface area contributed by atoms with E-state index in [2.05, 4.69) is 9.71 Å². The van der Waals surface area contributed by atoms with Gasteiger partial charge < -0.3 is 5.11 Å². The number of hydrogen-bond donors (Lipinski definition) is 2. The summed E-state index contributed by atoms with van der Waals surface area (Å²) in [5.41, 5.74) is 0.798. The molecule has 96 valence electrons. The lowest BCUT2D eigenvalue weighted by molar-refractivity contribution is 0.275. The summed E-state index contributed by atoms with van der Waals surface area (Å²) < 4.78 is 27.1. The molecule has 0 bridgehead atoms. The molecular formula is C10H17N3O3S. The fraction of sp³-hybridized carbons (Fsp3) is 0.500. The molecule has 0 aromatic carbocycles. The minimum atomic E-state index is -3.49. The van der Waals surface area contributed by atoms with E-state index in [1.54, 1.807) is 24.5 Å². The van der Waals surface area contributed by atoms with Crippen molar-refractivity contribution in [3.8, 4) is 0 Å². The molecule has 1 aromatic rings. The third-order valence-electron chi connectivity index (χ3n) is 2.22. The molecule has 0 aliphatic carbocycles. The Hall–Kier alpha value is -1.02. The first-order valence-electron chi connectivity index (χ1n) is 5.27. The number of aliphatic hydroxyl groups is 1. The second kappa shape index (κ2) is 6.65. The Morgan fingerprint density at radius 2 is 2.29 bits per heavy atom. The Morgan fingerprint density at radius 3 is 2.88 bits per heavy atom. The average Bonchev–Trinajstić information content (AvgIpc) is 2.35. The van der Waals surface area contributed by atoms with E-state index in [0.717, 1.165) is 5.56 Å². The summed E-state index contributed by atoms with van der Waals surface area (Å²) in [6.45, 7) is 0.473. The van der Waals surface area contributed by atoms with Crippen LogP contribution in [0.2, 0.25) is 0 Å². The van der Waals surface area contributed by atoms with Gasteiger partial charge in [0.25, 0.3) is 10.2 Å². The van der Waals surface area contributed by atoms with Crippen molar-refractivity contribution in [1.29, 1.82) is 0 Å². The highest BCUT2D eigenvalue weighted by Gasteiger charge is 2.16. The minimum absolute atomic E-state index is 0.0253. The van der Waals surface area contributed by atoms with Gasteiger partial charge in [0.15, 0.2) is 0 Å². The Balaban J connectivity index is 2.50. The van der Waals surface area contributed by atoms with E-state index in [9.17, 15) is 8.42 Å². The summed E-state index contributed by atoms with van der Waals surface area (Å²) in [6, 6.07) is 3.54. The molecule has 1 aromatic heterocycles. The Morgan fingerprint density at radius 1 is 1.53 bits per heavy atom. The molecule has 0 aliphatic heterocycles. The highest BCUT2D eigenvalue weighted by molar-refractivity contribution is 7.87. The predicted molar refractivity (Wildman–Crippen MR) is 64.3 cm³/mol. The van der Waals surface area contributed by atoms with Crippen LogP contribution < -0.4 is 4.72 Å². The first-order chi connectivity index (χ1) is 8.06. The van der Waals surface area contributed by atoms with Gasteiger partial charge in [0.05, 0.1) is 0 Å². The lowest BCUT2D eigenvalue weighted by atomic mass is 10.3. The van der Waals surface area contributed by atoms with Gasteiger partial charge in [-0.2, -0.15) is 17.4 Å². The van der Waals surface area contributed by atoms with Crippen molar-refractivity contribution in [3.05, 3.63) is 30.1 Å². The molecule has 17 heavy (non-hydrogen) atoms. The third-order valence-corrected chi connectivity index (χ3v) is 3.74. The molecule has 0 spiro atoms. The molecule has 0 amide bonds. The van der Waals surface area contributed by atoms with Crippen LogP contribution in [-0.4, -0.2) is 43.0 Å². The van der Waals surface area contributed by atoms with Crippen molar-refractivity contribution in [2.45, 2.75) is 13.0 Å². The van der Waals surface area contributed by atoms with Gasteiger partial charge in [-0.05, 0) is 18.1 Å². The smallest absolute Gasteiger partial charge is 0.279 e. The fourth-order valence-electron chi connectivity index (χ4n) is 1.20. The van der Waals surface area contributed by atoms with Gasteiger partial charge in [0.1, 0.15) is 0 Å². The lowest BCUT2D eigenvalue weighted by Crippen LogP contribution is -2.38. The van der Waals surface area contributed by atoms with Crippen LogP contribution in [0, 0.1) is 0 Å². The molecule has 0 saturated heterocycles. The van der Waals surface area contributed by atoms with Crippen molar-refractivity contribution in [3.63, 3.8) is 0 Å². The summed E-state index contributed by atoms with van der Waals surface area (Å²) in [7, 11) is -2.01. The van der Waals surface area contributed by atoms with Gasteiger partial charge in [0.2, 0.25) is 0 Å². The summed E-state index contributed by atoms with van der Waals surface area (Å²) in [5.74, 6) is 0. The monoisotopic (exact) mass is 259 g/mol. The average molecular weight is 259 g/mol. The van der Waals surface area contributed by atoms with E-state index >= 15 is 0 Å².